The quantitative estimate of drug-likeness (QED) is 0.682. The van der Waals surface area contributed by atoms with Crippen LogP contribution in [0.15, 0.2) is 67.0 Å². The molecule has 0 fully saturated rings. The number of rotatable bonds is 6. The highest BCUT2D eigenvalue weighted by molar-refractivity contribution is 6.06. The molecule has 0 unspecified atom stereocenters. The summed E-state index contributed by atoms with van der Waals surface area (Å²) in [4.78, 5) is 29.2. The molecule has 0 aliphatic carbocycles. The van der Waals surface area contributed by atoms with Crippen LogP contribution >= 0.6 is 0 Å². The molecule has 3 rings (SSSR count). The monoisotopic (exact) mass is 373 g/mol. The van der Waals surface area contributed by atoms with Crippen molar-refractivity contribution in [3.05, 3.63) is 94.8 Å². The molecule has 0 spiro atoms. The molecule has 0 atom stereocenters. The highest BCUT2D eigenvalue weighted by Crippen LogP contribution is 2.22. The Bertz CT molecular complexity index is 984. The number of carbonyl (C=O) groups excluding carboxylic acids is 2. The van der Waals surface area contributed by atoms with Gasteiger partial charge in [-0.15, -0.1) is 0 Å². The Morgan fingerprint density at radius 1 is 0.964 bits per heavy atom. The summed E-state index contributed by atoms with van der Waals surface area (Å²) in [6.45, 7) is 4.40. The largest absolute Gasteiger partial charge is 0.348 e. The smallest absolute Gasteiger partial charge is 0.255 e. The van der Waals surface area contributed by atoms with Gasteiger partial charge in [-0.2, -0.15) is 0 Å². The molecule has 28 heavy (non-hydrogen) atoms. The fourth-order valence-corrected chi connectivity index (χ4v) is 2.98. The molecule has 3 aromatic rings. The fourth-order valence-electron chi connectivity index (χ4n) is 2.98. The minimum Gasteiger partial charge on any atom is -0.348 e. The maximum Gasteiger partial charge on any atom is 0.255 e. The van der Waals surface area contributed by atoms with E-state index in [-0.39, 0.29) is 11.8 Å². The number of hydrogen-bond acceptors (Lipinski definition) is 3. The van der Waals surface area contributed by atoms with Crippen molar-refractivity contribution in [1.29, 1.82) is 0 Å². The summed E-state index contributed by atoms with van der Waals surface area (Å²) in [7, 11) is 0. The van der Waals surface area contributed by atoms with Gasteiger partial charge in [0.25, 0.3) is 11.8 Å². The SMILES string of the molecule is CCc1cccc(C)c1NC(=O)c1cccc(C(=O)NCc2cccnc2)c1. The summed E-state index contributed by atoms with van der Waals surface area (Å²) < 4.78 is 0. The second kappa shape index (κ2) is 8.95. The minimum absolute atomic E-state index is 0.231. The van der Waals surface area contributed by atoms with E-state index in [9.17, 15) is 9.59 Å². The number of aryl methyl sites for hydroxylation is 2. The molecule has 142 valence electrons. The maximum absolute atomic E-state index is 12.7. The van der Waals surface area contributed by atoms with Crippen molar-refractivity contribution >= 4 is 17.5 Å². The Labute approximate surface area is 164 Å². The Morgan fingerprint density at radius 2 is 1.71 bits per heavy atom. The lowest BCUT2D eigenvalue weighted by molar-refractivity contribution is 0.0951. The minimum atomic E-state index is -0.233. The van der Waals surface area contributed by atoms with E-state index in [4.69, 9.17) is 0 Å². The molecule has 2 aromatic carbocycles. The number of nitrogens with one attached hydrogen (secondary N) is 2. The number of para-hydroxylation sites is 1. The van der Waals surface area contributed by atoms with Gasteiger partial charge in [0.2, 0.25) is 0 Å². The van der Waals surface area contributed by atoms with Crippen molar-refractivity contribution in [3.8, 4) is 0 Å². The van der Waals surface area contributed by atoms with Crippen LogP contribution < -0.4 is 10.6 Å². The zero-order valence-electron chi connectivity index (χ0n) is 16.0. The first kappa shape index (κ1) is 19.3. The molecular weight excluding hydrogens is 350 g/mol. The topological polar surface area (TPSA) is 71.1 Å². The van der Waals surface area contributed by atoms with E-state index < -0.39 is 0 Å². The number of aromatic nitrogens is 1. The van der Waals surface area contributed by atoms with Gasteiger partial charge < -0.3 is 10.6 Å². The zero-order valence-corrected chi connectivity index (χ0v) is 16.0. The molecule has 5 nitrogen and oxygen atoms in total. The van der Waals surface area contributed by atoms with Gasteiger partial charge >= 0.3 is 0 Å². The van der Waals surface area contributed by atoms with Crippen molar-refractivity contribution in [3.63, 3.8) is 0 Å². The summed E-state index contributed by atoms with van der Waals surface area (Å²) in [6.07, 6.45) is 4.22. The molecule has 2 amide bonds. The van der Waals surface area contributed by atoms with Gasteiger partial charge in [0.05, 0.1) is 0 Å². The van der Waals surface area contributed by atoms with Gasteiger partial charge in [-0.1, -0.05) is 37.3 Å². The van der Waals surface area contributed by atoms with E-state index >= 15 is 0 Å². The van der Waals surface area contributed by atoms with Crippen LogP contribution in [0, 0.1) is 6.92 Å². The molecule has 5 heteroatoms. The molecule has 2 N–H and O–H groups in total. The molecular formula is C23H23N3O2. The first-order valence-corrected chi connectivity index (χ1v) is 9.25. The Morgan fingerprint density at radius 3 is 2.43 bits per heavy atom. The molecule has 0 radical (unpaired) electrons. The molecule has 0 bridgehead atoms. The van der Waals surface area contributed by atoms with Crippen molar-refractivity contribution in [1.82, 2.24) is 10.3 Å². The average Bonchev–Trinajstić information content (AvgIpc) is 2.74. The van der Waals surface area contributed by atoms with E-state index in [0.717, 1.165) is 28.8 Å². The van der Waals surface area contributed by atoms with Gasteiger partial charge in [0.1, 0.15) is 0 Å². The molecule has 1 heterocycles. The number of hydrogen-bond donors (Lipinski definition) is 2. The number of benzene rings is 2. The lowest BCUT2D eigenvalue weighted by Crippen LogP contribution is -2.23. The highest BCUT2D eigenvalue weighted by Gasteiger charge is 2.13. The van der Waals surface area contributed by atoms with Crippen LogP contribution in [0.1, 0.15) is 44.3 Å². The number of pyridine rings is 1. The van der Waals surface area contributed by atoms with Gasteiger partial charge in [-0.05, 0) is 54.3 Å². The number of anilines is 1. The van der Waals surface area contributed by atoms with E-state index in [1.807, 2.05) is 37.3 Å². The predicted molar refractivity (Wildman–Crippen MR) is 110 cm³/mol. The molecule has 0 saturated carbocycles. The third-order valence-electron chi connectivity index (χ3n) is 4.54. The summed E-state index contributed by atoms with van der Waals surface area (Å²) in [5, 5.41) is 5.84. The van der Waals surface area contributed by atoms with Crippen LogP contribution in [0.2, 0.25) is 0 Å². The second-order valence-electron chi connectivity index (χ2n) is 6.54. The Kier molecular flexibility index (Phi) is 6.17. The van der Waals surface area contributed by atoms with Crippen molar-refractivity contribution in [2.24, 2.45) is 0 Å². The normalized spacial score (nSPS) is 10.4. The number of carbonyl (C=O) groups is 2. The van der Waals surface area contributed by atoms with Gasteiger partial charge in [0.15, 0.2) is 0 Å². The maximum atomic E-state index is 12.7. The number of amides is 2. The second-order valence-corrected chi connectivity index (χ2v) is 6.54. The fraction of sp³-hybridized carbons (Fsp3) is 0.174. The average molecular weight is 373 g/mol. The van der Waals surface area contributed by atoms with E-state index in [1.165, 1.54) is 0 Å². The van der Waals surface area contributed by atoms with Gasteiger partial charge in [-0.25, -0.2) is 0 Å². The van der Waals surface area contributed by atoms with Crippen LogP contribution in [-0.2, 0) is 13.0 Å². The van der Waals surface area contributed by atoms with Crippen molar-refractivity contribution < 1.29 is 9.59 Å². The Balaban J connectivity index is 1.72. The molecule has 0 aliphatic heterocycles. The zero-order chi connectivity index (χ0) is 19.9. The van der Waals surface area contributed by atoms with E-state index in [0.29, 0.717) is 17.7 Å². The molecule has 0 aliphatic rings. The first-order valence-electron chi connectivity index (χ1n) is 9.25. The van der Waals surface area contributed by atoms with Crippen LogP contribution in [0.3, 0.4) is 0 Å². The lowest BCUT2D eigenvalue weighted by Gasteiger charge is -2.13. The van der Waals surface area contributed by atoms with E-state index in [1.54, 1.807) is 36.7 Å². The lowest BCUT2D eigenvalue weighted by atomic mass is 10.0. The summed E-state index contributed by atoms with van der Waals surface area (Å²) in [5.74, 6) is -0.463. The van der Waals surface area contributed by atoms with Crippen LogP contribution in [0.25, 0.3) is 0 Å². The molecule has 1 aromatic heterocycles. The highest BCUT2D eigenvalue weighted by atomic mass is 16.2. The van der Waals surface area contributed by atoms with Crippen LogP contribution in [0.5, 0.6) is 0 Å². The van der Waals surface area contributed by atoms with E-state index in [2.05, 4.69) is 22.5 Å². The molecule has 0 saturated heterocycles. The van der Waals surface area contributed by atoms with Gasteiger partial charge in [0, 0.05) is 35.8 Å². The first-order chi connectivity index (χ1) is 13.6. The number of nitrogens with zero attached hydrogens (tertiary/aromatic N) is 1. The standard InChI is InChI=1S/C23H23N3O2/c1-3-18-9-4-7-16(2)21(18)26-23(28)20-11-5-10-19(13-20)22(27)25-15-17-8-6-12-24-14-17/h4-14H,3,15H2,1-2H3,(H,25,27)(H,26,28). The van der Waals surface area contributed by atoms with Crippen molar-refractivity contribution in [2.45, 2.75) is 26.8 Å². The Hall–Kier alpha value is -3.47. The van der Waals surface area contributed by atoms with Crippen LogP contribution in [-0.4, -0.2) is 16.8 Å². The summed E-state index contributed by atoms with van der Waals surface area (Å²) in [6, 6.07) is 16.4. The van der Waals surface area contributed by atoms with Crippen molar-refractivity contribution in [2.75, 3.05) is 5.32 Å². The van der Waals surface area contributed by atoms with Crippen LogP contribution in [0.4, 0.5) is 5.69 Å². The predicted octanol–water partition coefficient (Wildman–Crippen LogP) is 4.13. The third-order valence-corrected chi connectivity index (χ3v) is 4.54. The summed E-state index contributed by atoms with van der Waals surface area (Å²) in [5.41, 5.74) is 4.73. The third kappa shape index (κ3) is 4.62. The summed E-state index contributed by atoms with van der Waals surface area (Å²) >= 11 is 0. The van der Waals surface area contributed by atoms with Gasteiger partial charge in [-0.3, -0.25) is 14.6 Å².